The highest BCUT2D eigenvalue weighted by Gasteiger charge is 2.17. The normalized spacial score (nSPS) is 11.3. The van der Waals surface area contributed by atoms with Gasteiger partial charge in [0.25, 0.3) is 0 Å². The van der Waals surface area contributed by atoms with Crippen molar-refractivity contribution in [1.82, 2.24) is 10.3 Å². The molecule has 4 N–H and O–H groups in total. The van der Waals surface area contributed by atoms with Crippen LogP contribution in [0.3, 0.4) is 0 Å². The van der Waals surface area contributed by atoms with Crippen molar-refractivity contribution in [1.29, 1.82) is 0 Å². The van der Waals surface area contributed by atoms with Crippen LogP contribution in [-0.4, -0.2) is 31.1 Å². The average molecular weight is 401 g/mol. The maximum Gasteiger partial charge on any atom is 0.404 e. The number of oxazole rings is 1. The highest BCUT2D eigenvalue weighted by atomic mass is 32.2. The lowest BCUT2D eigenvalue weighted by molar-refractivity contribution is 0.194. The Kier molecular flexibility index (Phi) is 5.76. The van der Waals surface area contributed by atoms with Gasteiger partial charge in [-0.1, -0.05) is 30.3 Å². The van der Waals surface area contributed by atoms with Crippen LogP contribution in [0.4, 0.5) is 4.79 Å². The Balaban J connectivity index is 1.93. The SMILES string of the molecule is NS(=O)(=O)c1ccc(-c2oc(CCCNC(=O)O)nc2-c2ccccc2)cc1. The molecule has 0 aliphatic heterocycles. The van der Waals surface area contributed by atoms with Crippen molar-refractivity contribution >= 4 is 16.1 Å². The van der Waals surface area contributed by atoms with E-state index >= 15 is 0 Å². The van der Waals surface area contributed by atoms with Gasteiger partial charge in [0, 0.05) is 24.1 Å². The fourth-order valence-electron chi connectivity index (χ4n) is 2.69. The lowest BCUT2D eigenvalue weighted by Crippen LogP contribution is -2.22. The smallest absolute Gasteiger partial charge is 0.404 e. The van der Waals surface area contributed by atoms with Crippen LogP contribution in [0.1, 0.15) is 12.3 Å². The molecule has 0 bridgehead atoms. The van der Waals surface area contributed by atoms with Crippen LogP contribution in [0, 0.1) is 0 Å². The van der Waals surface area contributed by atoms with E-state index < -0.39 is 16.1 Å². The summed E-state index contributed by atoms with van der Waals surface area (Å²) in [7, 11) is -3.78. The van der Waals surface area contributed by atoms with Gasteiger partial charge in [-0.05, 0) is 30.7 Å². The molecule has 0 spiro atoms. The van der Waals surface area contributed by atoms with Gasteiger partial charge in [0.15, 0.2) is 11.7 Å². The van der Waals surface area contributed by atoms with E-state index in [1.165, 1.54) is 12.1 Å². The third-order valence-corrected chi connectivity index (χ3v) is 4.94. The predicted molar refractivity (Wildman–Crippen MR) is 103 cm³/mol. The maximum atomic E-state index is 11.5. The molecular formula is C19H19N3O5S. The van der Waals surface area contributed by atoms with Crippen LogP contribution < -0.4 is 10.5 Å². The van der Waals surface area contributed by atoms with Crippen LogP contribution in [0.2, 0.25) is 0 Å². The number of aryl methyl sites for hydroxylation is 1. The third-order valence-electron chi connectivity index (χ3n) is 4.01. The number of amides is 1. The standard InChI is InChI=1S/C19H19N3O5S/c20-28(25,26)15-10-8-14(9-11-15)18-17(13-5-2-1-3-6-13)22-16(27-18)7-4-12-21-19(23)24/h1-3,5-6,8-11,21H,4,7,12H2,(H,23,24)(H2,20,25,26). The molecule has 28 heavy (non-hydrogen) atoms. The fourth-order valence-corrected chi connectivity index (χ4v) is 3.21. The van der Waals surface area contributed by atoms with E-state index in [1.54, 1.807) is 12.1 Å². The monoisotopic (exact) mass is 401 g/mol. The minimum absolute atomic E-state index is 0.0111. The molecule has 146 valence electrons. The molecule has 0 atom stereocenters. The summed E-state index contributed by atoms with van der Waals surface area (Å²) < 4.78 is 28.8. The molecular weight excluding hydrogens is 382 g/mol. The summed E-state index contributed by atoms with van der Waals surface area (Å²) in [4.78, 5) is 15.1. The number of aromatic nitrogens is 1. The first-order valence-electron chi connectivity index (χ1n) is 8.50. The number of hydrogen-bond donors (Lipinski definition) is 3. The summed E-state index contributed by atoms with van der Waals surface area (Å²) >= 11 is 0. The molecule has 0 aliphatic carbocycles. The van der Waals surface area contributed by atoms with Crippen molar-refractivity contribution in [2.24, 2.45) is 5.14 Å². The van der Waals surface area contributed by atoms with Gasteiger partial charge in [-0.2, -0.15) is 0 Å². The molecule has 0 saturated carbocycles. The molecule has 2 aromatic carbocycles. The van der Waals surface area contributed by atoms with Crippen molar-refractivity contribution in [2.75, 3.05) is 6.54 Å². The maximum absolute atomic E-state index is 11.5. The minimum Gasteiger partial charge on any atom is -0.465 e. The number of sulfonamides is 1. The van der Waals surface area contributed by atoms with Crippen LogP contribution in [0.25, 0.3) is 22.6 Å². The summed E-state index contributed by atoms with van der Waals surface area (Å²) in [6.45, 7) is 0.288. The Morgan fingerprint density at radius 3 is 2.36 bits per heavy atom. The van der Waals surface area contributed by atoms with E-state index in [0.717, 1.165) is 5.56 Å². The first-order valence-corrected chi connectivity index (χ1v) is 10.0. The third kappa shape index (κ3) is 4.76. The van der Waals surface area contributed by atoms with Gasteiger partial charge in [-0.3, -0.25) is 0 Å². The predicted octanol–water partition coefficient (Wildman–Crippen LogP) is 2.86. The first kappa shape index (κ1) is 19.6. The van der Waals surface area contributed by atoms with Gasteiger partial charge in [0.1, 0.15) is 5.69 Å². The summed E-state index contributed by atoms with van der Waals surface area (Å²) in [5, 5.41) is 16.1. The molecule has 3 aromatic rings. The van der Waals surface area contributed by atoms with Gasteiger partial charge in [0.05, 0.1) is 4.90 Å². The summed E-state index contributed by atoms with van der Waals surface area (Å²) in [6.07, 6.45) is -0.0896. The number of carboxylic acid groups (broad SMARTS) is 1. The number of hydrogen-bond acceptors (Lipinski definition) is 5. The van der Waals surface area contributed by atoms with E-state index in [2.05, 4.69) is 10.3 Å². The summed E-state index contributed by atoms with van der Waals surface area (Å²) in [6, 6.07) is 15.5. The van der Waals surface area contributed by atoms with Crippen molar-refractivity contribution in [3.63, 3.8) is 0 Å². The molecule has 3 rings (SSSR count). The van der Waals surface area contributed by atoms with E-state index in [-0.39, 0.29) is 11.4 Å². The van der Waals surface area contributed by atoms with E-state index in [9.17, 15) is 13.2 Å². The van der Waals surface area contributed by atoms with Crippen LogP contribution in [0.5, 0.6) is 0 Å². The van der Waals surface area contributed by atoms with Gasteiger partial charge in [0.2, 0.25) is 10.0 Å². The van der Waals surface area contributed by atoms with Crippen LogP contribution >= 0.6 is 0 Å². The number of benzene rings is 2. The van der Waals surface area contributed by atoms with Gasteiger partial charge in [-0.25, -0.2) is 23.3 Å². The topological polar surface area (TPSA) is 136 Å². The molecule has 0 aliphatic rings. The molecule has 0 saturated heterocycles. The minimum atomic E-state index is -3.78. The quantitative estimate of drug-likeness (QED) is 0.521. The Labute approximate surface area is 162 Å². The van der Waals surface area contributed by atoms with Gasteiger partial charge >= 0.3 is 6.09 Å². The van der Waals surface area contributed by atoms with Crippen LogP contribution in [-0.2, 0) is 16.4 Å². The largest absolute Gasteiger partial charge is 0.465 e. The van der Waals surface area contributed by atoms with E-state index in [1.807, 2.05) is 30.3 Å². The summed E-state index contributed by atoms with van der Waals surface area (Å²) in [5.74, 6) is 0.977. The number of nitrogens with two attached hydrogens (primary N) is 1. The molecule has 1 aromatic heterocycles. The number of nitrogens with zero attached hydrogens (tertiary/aromatic N) is 1. The lowest BCUT2D eigenvalue weighted by atomic mass is 10.1. The number of rotatable bonds is 7. The zero-order chi connectivity index (χ0) is 20.1. The number of primary sulfonamides is 1. The van der Waals surface area contributed by atoms with E-state index in [4.69, 9.17) is 14.7 Å². The van der Waals surface area contributed by atoms with Crippen molar-refractivity contribution in [3.8, 4) is 22.6 Å². The second-order valence-electron chi connectivity index (χ2n) is 6.06. The zero-order valence-electron chi connectivity index (χ0n) is 14.8. The molecule has 0 fully saturated rings. The summed E-state index contributed by atoms with van der Waals surface area (Å²) in [5.41, 5.74) is 2.14. The first-order chi connectivity index (χ1) is 13.3. The second kappa shape index (κ2) is 8.24. The lowest BCUT2D eigenvalue weighted by Gasteiger charge is -2.03. The highest BCUT2D eigenvalue weighted by molar-refractivity contribution is 7.89. The molecule has 8 nitrogen and oxygen atoms in total. The Bertz CT molecular complexity index is 1060. The molecule has 1 amide bonds. The Morgan fingerprint density at radius 1 is 1.07 bits per heavy atom. The van der Waals surface area contributed by atoms with Crippen molar-refractivity contribution < 1.29 is 22.7 Å². The number of nitrogens with one attached hydrogen (secondary N) is 1. The fraction of sp³-hybridized carbons (Fsp3) is 0.158. The van der Waals surface area contributed by atoms with Gasteiger partial charge in [-0.15, -0.1) is 0 Å². The molecule has 9 heteroatoms. The van der Waals surface area contributed by atoms with Crippen LogP contribution in [0.15, 0.2) is 63.9 Å². The Hall–Kier alpha value is -3.17. The zero-order valence-corrected chi connectivity index (χ0v) is 15.6. The molecule has 0 unspecified atom stereocenters. The average Bonchev–Trinajstić information content (AvgIpc) is 3.09. The molecule has 1 heterocycles. The Morgan fingerprint density at radius 2 is 1.75 bits per heavy atom. The second-order valence-corrected chi connectivity index (χ2v) is 7.62. The van der Waals surface area contributed by atoms with Crippen molar-refractivity contribution in [2.45, 2.75) is 17.7 Å². The van der Waals surface area contributed by atoms with Gasteiger partial charge < -0.3 is 14.8 Å². The number of carbonyl (C=O) groups is 1. The van der Waals surface area contributed by atoms with E-state index in [0.29, 0.717) is 35.7 Å². The van der Waals surface area contributed by atoms with Crippen molar-refractivity contribution in [3.05, 3.63) is 60.5 Å². The molecule has 0 radical (unpaired) electrons. The highest BCUT2D eigenvalue weighted by Crippen LogP contribution is 2.33.